The third-order valence-corrected chi connectivity index (χ3v) is 4.38. The molecule has 1 atom stereocenters. The van der Waals surface area contributed by atoms with E-state index >= 15 is 0 Å². The summed E-state index contributed by atoms with van der Waals surface area (Å²) < 4.78 is 8.42. The van der Waals surface area contributed by atoms with Crippen LogP contribution in [0, 0.1) is 0 Å². The van der Waals surface area contributed by atoms with Crippen LogP contribution in [0.2, 0.25) is 0 Å². The lowest BCUT2D eigenvalue weighted by molar-refractivity contribution is -0.117. The maximum Gasteiger partial charge on any atom is 0.238 e. The molecule has 1 aromatic carbocycles. The van der Waals surface area contributed by atoms with Gasteiger partial charge in [0.25, 0.3) is 0 Å². The van der Waals surface area contributed by atoms with Gasteiger partial charge < -0.3 is 10.6 Å². The maximum atomic E-state index is 12.2. The van der Waals surface area contributed by atoms with E-state index in [0.717, 1.165) is 47.9 Å². The third-order valence-electron chi connectivity index (χ3n) is 3.84. The van der Waals surface area contributed by atoms with Gasteiger partial charge in [0.1, 0.15) is 11.4 Å². The molecule has 2 heterocycles. The molecule has 0 bridgehead atoms. The number of benzene rings is 1. The molecular weight excluding hydrogens is 322 g/mol. The lowest BCUT2D eigenvalue weighted by Crippen LogP contribution is -2.46. The van der Waals surface area contributed by atoms with Crippen molar-refractivity contribution < 1.29 is 4.79 Å². The Morgan fingerprint density at radius 1 is 1.45 bits per heavy atom. The van der Waals surface area contributed by atoms with Crippen molar-refractivity contribution in [2.45, 2.75) is 18.9 Å². The normalized spacial score (nSPS) is 20.0. The van der Waals surface area contributed by atoms with Gasteiger partial charge in [0.15, 0.2) is 0 Å². The Balaban J connectivity index is 0.00000176. The molecule has 22 heavy (non-hydrogen) atoms. The van der Waals surface area contributed by atoms with Crippen molar-refractivity contribution in [3.8, 4) is 0 Å². The van der Waals surface area contributed by atoms with Crippen LogP contribution in [0.1, 0.15) is 12.8 Å². The van der Waals surface area contributed by atoms with Gasteiger partial charge in [-0.15, -0.1) is 12.4 Å². The van der Waals surface area contributed by atoms with Crippen molar-refractivity contribution in [3.05, 3.63) is 18.2 Å². The molecule has 1 saturated heterocycles. The Kier molecular flexibility index (Phi) is 6.07. The fraction of sp³-hybridized carbons (Fsp3) is 0.500. The summed E-state index contributed by atoms with van der Waals surface area (Å²) in [5.74, 6) is 0.00672. The van der Waals surface area contributed by atoms with Crippen LogP contribution in [-0.2, 0) is 16.1 Å². The van der Waals surface area contributed by atoms with E-state index < -0.39 is 0 Å². The molecular formula is C14H20ClN5OS. The molecule has 0 saturated carbocycles. The fourth-order valence-electron chi connectivity index (χ4n) is 2.73. The van der Waals surface area contributed by atoms with E-state index in [4.69, 9.17) is 0 Å². The summed E-state index contributed by atoms with van der Waals surface area (Å²) >= 11 is 1.16. The van der Waals surface area contributed by atoms with E-state index in [1.54, 1.807) is 0 Å². The standard InChI is InChI=1S/C14H19N5OS.ClH/c1-15-10-4-3-7-19(8-10)9-13(20)16-11-5-2-6-12-14(11)18-21-17-12;/h2,5-6,10,15H,3-4,7-9H2,1H3,(H,16,20);1H. The van der Waals surface area contributed by atoms with E-state index in [9.17, 15) is 4.79 Å². The Bertz CT molecular complexity index is 617. The molecule has 1 fully saturated rings. The van der Waals surface area contributed by atoms with Crippen LogP contribution in [0.5, 0.6) is 0 Å². The largest absolute Gasteiger partial charge is 0.323 e. The Morgan fingerprint density at radius 2 is 2.32 bits per heavy atom. The van der Waals surface area contributed by atoms with E-state index in [-0.39, 0.29) is 18.3 Å². The van der Waals surface area contributed by atoms with Gasteiger partial charge in [0, 0.05) is 12.6 Å². The summed E-state index contributed by atoms with van der Waals surface area (Å²) in [6.45, 7) is 2.33. The van der Waals surface area contributed by atoms with Crippen molar-refractivity contribution in [1.82, 2.24) is 10.2 Å². The molecule has 1 amide bonds. The Labute approximate surface area is 140 Å². The molecule has 120 valence electrons. The number of piperidine rings is 1. The smallest absolute Gasteiger partial charge is 0.238 e. The first-order chi connectivity index (χ1) is 10.3. The van der Waals surface area contributed by atoms with Crippen molar-refractivity contribution in [3.63, 3.8) is 0 Å². The van der Waals surface area contributed by atoms with Gasteiger partial charge in [-0.2, -0.15) is 8.73 Å². The molecule has 6 nitrogen and oxygen atoms in total. The maximum absolute atomic E-state index is 12.2. The van der Waals surface area contributed by atoms with E-state index in [1.165, 1.54) is 6.42 Å². The number of amides is 1. The van der Waals surface area contributed by atoms with Crippen molar-refractivity contribution in [2.24, 2.45) is 8.73 Å². The van der Waals surface area contributed by atoms with Gasteiger partial charge in [0.2, 0.25) is 5.91 Å². The second-order valence-corrected chi connectivity index (χ2v) is 5.88. The van der Waals surface area contributed by atoms with Crippen LogP contribution < -0.4 is 10.6 Å². The molecule has 8 heteroatoms. The summed E-state index contributed by atoms with van der Waals surface area (Å²) in [5, 5.41) is 6.24. The number of halogens is 1. The molecule has 2 aliphatic rings. The molecule has 1 unspecified atom stereocenters. The highest BCUT2D eigenvalue weighted by molar-refractivity contribution is 7.58. The van der Waals surface area contributed by atoms with Gasteiger partial charge in [-0.1, -0.05) is 6.07 Å². The van der Waals surface area contributed by atoms with E-state index in [1.807, 2.05) is 25.2 Å². The molecule has 3 rings (SSSR count). The highest BCUT2D eigenvalue weighted by Crippen LogP contribution is 2.38. The first-order valence-electron chi connectivity index (χ1n) is 7.17. The Morgan fingerprint density at radius 3 is 3.14 bits per heavy atom. The first-order valence-corrected chi connectivity index (χ1v) is 7.90. The number of nitrogens with one attached hydrogen (secondary N) is 2. The van der Waals surface area contributed by atoms with Crippen LogP contribution in [-0.4, -0.2) is 43.5 Å². The first kappa shape index (κ1) is 17.1. The number of hydrogen-bond acceptors (Lipinski definition) is 5. The SMILES string of the molecule is CNC1CCCN(CC(=O)Nc2cccc3c2N=S=N3)C1.Cl. The minimum absolute atomic E-state index is 0. The predicted molar refractivity (Wildman–Crippen MR) is 92.4 cm³/mol. The second-order valence-electron chi connectivity index (χ2n) is 5.35. The van der Waals surface area contributed by atoms with Crippen LogP contribution in [0.4, 0.5) is 17.1 Å². The highest BCUT2D eigenvalue weighted by atomic mass is 35.5. The van der Waals surface area contributed by atoms with Gasteiger partial charge in [-0.25, -0.2) is 0 Å². The monoisotopic (exact) mass is 341 g/mol. The molecule has 2 aliphatic heterocycles. The minimum atomic E-state index is 0. The third kappa shape index (κ3) is 3.92. The van der Waals surface area contributed by atoms with Crippen molar-refractivity contribution in [2.75, 3.05) is 32.0 Å². The number of hydrogen-bond donors (Lipinski definition) is 2. The van der Waals surface area contributed by atoms with Crippen LogP contribution in [0.25, 0.3) is 0 Å². The molecule has 2 N–H and O–H groups in total. The summed E-state index contributed by atoms with van der Waals surface area (Å²) in [5.41, 5.74) is 2.34. The zero-order valence-corrected chi connectivity index (χ0v) is 14.0. The molecule has 1 aromatic rings. The summed E-state index contributed by atoms with van der Waals surface area (Å²) in [6.07, 6.45) is 2.31. The number of likely N-dealkylation sites (N-methyl/N-ethyl adjacent to an activating group) is 1. The van der Waals surface area contributed by atoms with E-state index in [0.29, 0.717) is 12.6 Å². The Hall–Kier alpha value is -1.28. The van der Waals surface area contributed by atoms with Gasteiger partial charge in [-0.3, -0.25) is 9.69 Å². The summed E-state index contributed by atoms with van der Waals surface area (Å²) in [7, 11) is 1.98. The molecule has 0 spiro atoms. The average molecular weight is 342 g/mol. The van der Waals surface area contributed by atoms with Crippen molar-refractivity contribution in [1.29, 1.82) is 0 Å². The minimum Gasteiger partial charge on any atom is -0.323 e. The number of fused-ring (bicyclic) bond motifs is 1. The quantitative estimate of drug-likeness (QED) is 0.897. The predicted octanol–water partition coefficient (Wildman–Crippen LogP) is 2.46. The molecule has 0 aliphatic carbocycles. The number of carbonyl (C=O) groups excluding carboxylic acids is 1. The summed E-state index contributed by atoms with van der Waals surface area (Å²) in [4.78, 5) is 14.4. The van der Waals surface area contributed by atoms with Crippen molar-refractivity contribution >= 4 is 46.7 Å². The number of anilines is 1. The zero-order chi connectivity index (χ0) is 14.7. The van der Waals surface area contributed by atoms with Crippen LogP contribution in [0.15, 0.2) is 26.9 Å². The van der Waals surface area contributed by atoms with Crippen LogP contribution >= 0.6 is 12.4 Å². The molecule has 0 aromatic heterocycles. The van der Waals surface area contributed by atoms with Gasteiger partial charge in [0.05, 0.1) is 23.6 Å². The number of carbonyl (C=O) groups is 1. The van der Waals surface area contributed by atoms with Gasteiger partial charge >= 0.3 is 0 Å². The van der Waals surface area contributed by atoms with Crippen LogP contribution in [0.3, 0.4) is 0 Å². The fourth-order valence-corrected chi connectivity index (χ4v) is 3.28. The van der Waals surface area contributed by atoms with Gasteiger partial charge in [-0.05, 0) is 38.6 Å². The number of likely N-dealkylation sites (tertiary alicyclic amines) is 1. The zero-order valence-electron chi connectivity index (χ0n) is 12.4. The highest BCUT2D eigenvalue weighted by Gasteiger charge is 2.21. The topological polar surface area (TPSA) is 69.1 Å². The summed E-state index contributed by atoms with van der Waals surface area (Å²) in [6, 6.07) is 6.14. The van der Waals surface area contributed by atoms with E-state index in [2.05, 4.69) is 24.3 Å². The lowest BCUT2D eigenvalue weighted by atomic mass is 10.1. The average Bonchev–Trinajstić information content (AvgIpc) is 2.97. The number of rotatable bonds is 4. The second kappa shape index (κ2) is 7.82. The number of nitrogens with zero attached hydrogens (tertiary/aromatic N) is 3. The lowest BCUT2D eigenvalue weighted by Gasteiger charge is -2.31. The molecule has 0 radical (unpaired) electrons.